The van der Waals surface area contributed by atoms with Crippen molar-refractivity contribution in [2.24, 2.45) is 5.92 Å². The van der Waals surface area contributed by atoms with Gasteiger partial charge in [-0.2, -0.15) is 8.42 Å². The minimum absolute atomic E-state index is 0.0405. The van der Waals surface area contributed by atoms with Gasteiger partial charge in [0.15, 0.2) is 0 Å². The smallest absolute Gasteiger partial charge is 0.302 e. The lowest BCUT2D eigenvalue weighted by Crippen LogP contribution is -2.25. The number of benzene rings is 1. The molecule has 1 unspecified atom stereocenters. The highest BCUT2D eigenvalue weighted by Crippen LogP contribution is 2.32. The zero-order valence-electron chi connectivity index (χ0n) is 12.0. The molecule has 7 heteroatoms. The van der Waals surface area contributed by atoms with E-state index in [-0.39, 0.29) is 18.9 Å². The van der Waals surface area contributed by atoms with Crippen LogP contribution in [0.1, 0.15) is 12.0 Å². The summed E-state index contributed by atoms with van der Waals surface area (Å²) in [5.41, 5.74) is 2.49. The zero-order chi connectivity index (χ0) is 15.9. The first-order valence-corrected chi connectivity index (χ1v) is 8.47. The molecule has 2 heterocycles. The first kappa shape index (κ1) is 14.9. The third-order valence-corrected chi connectivity index (χ3v) is 4.75. The quantitative estimate of drug-likeness (QED) is 0.813. The number of fused-ring (bicyclic) bond motifs is 1. The highest BCUT2D eigenvalue weighted by atomic mass is 32.3. The lowest BCUT2D eigenvalue weighted by atomic mass is 10.1. The molecule has 3 rings (SSSR count). The lowest BCUT2D eigenvalue weighted by Gasteiger charge is -2.19. The summed E-state index contributed by atoms with van der Waals surface area (Å²) in [4.78, 5) is 18.0. The van der Waals surface area contributed by atoms with Crippen molar-refractivity contribution in [3.8, 4) is 0 Å². The average Bonchev–Trinajstić information content (AvgIpc) is 2.78. The number of nitrogens with zero attached hydrogens (tertiary/aromatic N) is 2. The van der Waals surface area contributed by atoms with Crippen molar-refractivity contribution < 1.29 is 17.1 Å². The van der Waals surface area contributed by atoms with Crippen LogP contribution in [0.25, 0.3) is 10.9 Å². The topological polar surface area (TPSA) is 67.3 Å². The Labute approximate surface area is 128 Å². The number of aryl methyl sites for hydroxylation is 1. The molecule has 1 aromatic heterocycles. The molecule has 116 valence electrons. The molecule has 0 aliphatic carbocycles. The standard InChI is InChI=1S/C15H15FN2O3S/c1-10-4-5-13(12-3-2-6-17-15(10)12)18-8-11(7-14(18)19)9-22(16,20)21/h2-6,11H,7-9H2,1H3. The maximum Gasteiger partial charge on any atom is 0.302 e. The zero-order valence-corrected chi connectivity index (χ0v) is 12.8. The molecular formula is C15H15FN2O3S. The predicted octanol–water partition coefficient (Wildman–Crippen LogP) is 2.20. The monoisotopic (exact) mass is 322 g/mol. The van der Waals surface area contributed by atoms with Gasteiger partial charge in [0.2, 0.25) is 5.91 Å². The second-order valence-electron chi connectivity index (χ2n) is 5.58. The highest BCUT2D eigenvalue weighted by molar-refractivity contribution is 7.86. The maximum atomic E-state index is 12.8. The first-order chi connectivity index (χ1) is 10.3. The van der Waals surface area contributed by atoms with Crippen molar-refractivity contribution in [3.05, 3.63) is 36.0 Å². The number of hydrogen-bond acceptors (Lipinski definition) is 4. The van der Waals surface area contributed by atoms with Gasteiger partial charge < -0.3 is 4.90 Å². The molecule has 22 heavy (non-hydrogen) atoms. The summed E-state index contributed by atoms with van der Waals surface area (Å²) in [6, 6.07) is 7.35. The van der Waals surface area contributed by atoms with Crippen molar-refractivity contribution in [2.75, 3.05) is 17.2 Å². The van der Waals surface area contributed by atoms with Crippen LogP contribution >= 0.6 is 0 Å². The van der Waals surface area contributed by atoms with Gasteiger partial charge in [0.25, 0.3) is 0 Å². The fraction of sp³-hybridized carbons (Fsp3) is 0.333. The van der Waals surface area contributed by atoms with E-state index in [1.165, 1.54) is 4.90 Å². The minimum atomic E-state index is -4.58. The van der Waals surface area contributed by atoms with Gasteiger partial charge in [0.1, 0.15) is 0 Å². The maximum absolute atomic E-state index is 12.8. The Morgan fingerprint density at radius 1 is 1.36 bits per heavy atom. The molecule has 0 bridgehead atoms. The second-order valence-corrected chi connectivity index (χ2v) is 6.99. The van der Waals surface area contributed by atoms with Crippen LogP contribution in [-0.2, 0) is 15.0 Å². The molecule has 2 aromatic rings. The van der Waals surface area contributed by atoms with Crippen LogP contribution in [0.5, 0.6) is 0 Å². The van der Waals surface area contributed by atoms with Crippen molar-refractivity contribution in [2.45, 2.75) is 13.3 Å². The molecule has 0 spiro atoms. The summed E-state index contributed by atoms with van der Waals surface area (Å²) in [7, 11) is -4.58. The Morgan fingerprint density at radius 2 is 2.14 bits per heavy atom. The molecule has 1 amide bonds. The Kier molecular flexibility index (Phi) is 3.60. The number of carbonyl (C=O) groups excluding carboxylic acids is 1. The molecule has 1 saturated heterocycles. The molecule has 5 nitrogen and oxygen atoms in total. The highest BCUT2D eigenvalue weighted by Gasteiger charge is 2.34. The summed E-state index contributed by atoms with van der Waals surface area (Å²) in [6.07, 6.45) is 1.72. The number of hydrogen-bond donors (Lipinski definition) is 0. The van der Waals surface area contributed by atoms with Crippen LogP contribution in [0.15, 0.2) is 30.5 Å². The third-order valence-electron chi connectivity index (χ3n) is 3.88. The molecule has 1 fully saturated rings. The number of amides is 1. The van der Waals surface area contributed by atoms with E-state index < -0.39 is 21.9 Å². The summed E-state index contributed by atoms with van der Waals surface area (Å²) in [6.45, 7) is 2.14. The fourth-order valence-electron chi connectivity index (χ4n) is 2.94. The van der Waals surface area contributed by atoms with Crippen molar-refractivity contribution in [1.29, 1.82) is 0 Å². The van der Waals surface area contributed by atoms with E-state index in [9.17, 15) is 17.1 Å². The Balaban J connectivity index is 1.98. The summed E-state index contributed by atoms with van der Waals surface area (Å²) in [5.74, 6) is -1.32. The van der Waals surface area contributed by atoms with Crippen molar-refractivity contribution in [3.63, 3.8) is 0 Å². The second kappa shape index (κ2) is 5.31. The third kappa shape index (κ3) is 2.81. The van der Waals surface area contributed by atoms with Gasteiger partial charge in [-0.1, -0.05) is 6.07 Å². The number of anilines is 1. The van der Waals surface area contributed by atoms with E-state index in [0.29, 0.717) is 5.69 Å². The molecule has 1 aromatic carbocycles. The van der Waals surface area contributed by atoms with E-state index in [1.54, 1.807) is 12.3 Å². The summed E-state index contributed by atoms with van der Waals surface area (Å²) in [5, 5.41) is 0.833. The van der Waals surface area contributed by atoms with E-state index in [0.717, 1.165) is 16.5 Å². The van der Waals surface area contributed by atoms with Gasteiger partial charge >= 0.3 is 10.2 Å². The average molecular weight is 322 g/mol. The Morgan fingerprint density at radius 3 is 2.86 bits per heavy atom. The van der Waals surface area contributed by atoms with E-state index in [4.69, 9.17) is 0 Å². The number of rotatable bonds is 3. The molecule has 0 radical (unpaired) electrons. The van der Waals surface area contributed by atoms with Crippen LogP contribution in [0.3, 0.4) is 0 Å². The van der Waals surface area contributed by atoms with Gasteiger partial charge in [-0.15, -0.1) is 3.89 Å². The number of aromatic nitrogens is 1. The molecule has 0 N–H and O–H groups in total. The molecule has 0 saturated carbocycles. The number of carbonyl (C=O) groups is 1. The Bertz CT molecular complexity index is 851. The SMILES string of the molecule is Cc1ccc(N2CC(CS(=O)(=O)F)CC2=O)c2cccnc12. The molecule has 1 aliphatic heterocycles. The normalized spacial score (nSPS) is 19.1. The van der Waals surface area contributed by atoms with Crippen LogP contribution in [0, 0.1) is 12.8 Å². The van der Waals surface area contributed by atoms with Crippen LogP contribution in [0.4, 0.5) is 9.57 Å². The fourth-order valence-corrected chi connectivity index (χ4v) is 3.73. The largest absolute Gasteiger partial charge is 0.311 e. The summed E-state index contributed by atoms with van der Waals surface area (Å²) < 4.78 is 34.4. The minimum Gasteiger partial charge on any atom is -0.311 e. The van der Waals surface area contributed by atoms with E-state index in [1.807, 2.05) is 25.1 Å². The van der Waals surface area contributed by atoms with Gasteiger partial charge in [-0.25, -0.2) is 0 Å². The van der Waals surface area contributed by atoms with E-state index >= 15 is 0 Å². The van der Waals surface area contributed by atoms with Crippen LogP contribution in [0.2, 0.25) is 0 Å². The predicted molar refractivity (Wildman–Crippen MR) is 81.8 cm³/mol. The molecule has 1 atom stereocenters. The Hall–Kier alpha value is -2.02. The van der Waals surface area contributed by atoms with Crippen LogP contribution in [-0.4, -0.2) is 31.6 Å². The van der Waals surface area contributed by atoms with Gasteiger partial charge in [0, 0.05) is 30.5 Å². The summed E-state index contributed by atoms with van der Waals surface area (Å²) >= 11 is 0. The van der Waals surface area contributed by atoms with Crippen LogP contribution < -0.4 is 4.90 Å². The van der Waals surface area contributed by atoms with Crippen molar-refractivity contribution in [1.82, 2.24) is 4.98 Å². The lowest BCUT2D eigenvalue weighted by molar-refractivity contribution is -0.117. The first-order valence-electron chi connectivity index (χ1n) is 6.92. The van der Waals surface area contributed by atoms with Gasteiger partial charge in [0.05, 0.1) is 17.0 Å². The van der Waals surface area contributed by atoms with Crippen molar-refractivity contribution >= 4 is 32.7 Å². The van der Waals surface area contributed by atoms with Gasteiger partial charge in [-0.3, -0.25) is 9.78 Å². The molecular weight excluding hydrogens is 307 g/mol. The number of pyridine rings is 1. The number of halogens is 1. The van der Waals surface area contributed by atoms with E-state index in [2.05, 4.69) is 4.98 Å². The molecule has 1 aliphatic rings. The van der Waals surface area contributed by atoms with Gasteiger partial charge in [-0.05, 0) is 30.7 Å².